The lowest BCUT2D eigenvalue weighted by Gasteiger charge is -2.08. The molecule has 2 aromatic rings. The molecule has 0 saturated carbocycles. The van der Waals surface area contributed by atoms with Gasteiger partial charge >= 0.3 is 0 Å². The topological polar surface area (TPSA) is 85.8 Å². The van der Waals surface area contributed by atoms with Crippen LogP contribution in [0.4, 0.5) is 5.69 Å². The van der Waals surface area contributed by atoms with Crippen molar-refractivity contribution in [2.45, 2.75) is 39.7 Å². The van der Waals surface area contributed by atoms with Crippen molar-refractivity contribution in [3.8, 4) is 5.82 Å². The second-order valence-corrected chi connectivity index (χ2v) is 5.31. The molecule has 3 N–H and O–H groups in total. The van der Waals surface area contributed by atoms with Crippen LogP contribution in [0.1, 0.15) is 31.2 Å². The van der Waals surface area contributed by atoms with Crippen LogP contribution in [0.3, 0.4) is 0 Å². The predicted molar refractivity (Wildman–Crippen MR) is 96.8 cm³/mol. The molecule has 1 unspecified atom stereocenters. The second-order valence-electron chi connectivity index (χ2n) is 5.31. The van der Waals surface area contributed by atoms with Crippen molar-refractivity contribution in [3.63, 3.8) is 0 Å². The number of carbonyl (C=O) groups excluding carboxylic acids is 1. The van der Waals surface area contributed by atoms with Crippen LogP contribution >= 0.6 is 24.8 Å². The number of hydrogen-bond donors (Lipinski definition) is 2. The summed E-state index contributed by atoms with van der Waals surface area (Å²) in [5.41, 5.74) is 8.28. The van der Waals surface area contributed by atoms with E-state index >= 15 is 0 Å². The lowest BCUT2D eigenvalue weighted by Crippen LogP contribution is -2.19. The lowest BCUT2D eigenvalue weighted by molar-refractivity contribution is -0.116. The summed E-state index contributed by atoms with van der Waals surface area (Å²) < 4.78 is 1.77. The van der Waals surface area contributed by atoms with Crippen LogP contribution < -0.4 is 11.1 Å². The number of aryl methyl sites for hydroxylation is 2. The molecule has 23 heavy (non-hydrogen) atoms. The Morgan fingerprint density at radius 2 is 2.04 bits per heavy atom. The third kappa shape index (κ3) is 6.17. The van der Waals surface area contributed by atoms with Gasteiger partial charge in [0.1, 0.15) is 0 Å². The van der Waals surface area contributed by atoms with E-state index in [1.807, 2.05) is 39.0 Å². The minimum absolute atomic E-state index is 0. The highest BCUT2D eigenvalue weighted by atomic mass is 35.5. The molecule has 2 rings (SSSR count). The SMILES string of the molecule is Cc1cc(C)n(-c2ccc(NC(=O)CCC(C)N)cn2)n1.Cl.Cl. The molecule has 0 radical (unpaired) electrons. The van der Waals surface area contributed by atoms with Crippen LogP contribution in [-0.2, 0) is 4.79 Å². The molecule has 2 heterocycles. The molecule has 0 aliphatic heterocycles. The number of aromatic nitrogens is 3. The number of amides is 1. The highest BCUT2D eigenvalue weighted by Gasteiger charge is 2.07. The number of nitrogens with zero attached hydrogens (tertiary/aromatic N) is 3. The zero-order valence-corrected chi connectivity index (χ0v) is 15.1. The van der Waals surface area contributed by atoms with Crippen LogP contribution in [0.2, 0.25) is 0 Å². The van der Waals surface area contributed by atoms with Crippen LogP contribution in [0.25, 0.3) is 5.82 Å². The van der Waals surface area contributed by atoms with Crippen LogP contribution in [0.5, 0.6) is 0 Å². The summed E-state index contributed by atoms with van der Waals surface area (Å²) in [6.45, 7) is 5.81. The summed E-state index contributed by atoms with van der Waals surface area (Å²) >= 11 is 0. The molecule has 8 heteroatoms. The molecular weight excluding hydrogens is 337 g/mol. The Kier molecular flexibility index (Phi) is 8.82. The van der Waals surface area contributed by atoms with E-state index in [0.29, 0.717) is 18.5 Å². The average molecular weight is 360 g/mol. The Hall–Kier alpha value is -1.63. The van der Waals surface area contributed by atoms with Gasteiger partial charge in [-0.3, -0.25) is 4.79 Å². The summed E-state index contributed by atoms with van der Waals surface area (Å²) in [4.78, 5) is 16.0. The number of carbonyl (C=O) groups is 1. The van der Waals surface area contributed by atoms with E-state index < -0.39 is 0 Å². The molecule has 1 atom stereocenters. The van der Waals surface area contributed by atoms with Gasteiger partial charge < -0.3 is 11.1 Å². The van der Waals surface area contributed by atoms with Crippen molar-refractivity contribution in [1.82, 2.24) is 14.8 Å². The number of pyridine rings is 1. The van der Waals surface area contributed by atoms with Gasteiger partial charge in [-0.2, -0.15) is 5.10 Å². The minimum Gasteiger partial charge on any atom is -0.328 e. The van der Waals surface area contributed by atoms with Crippen LogP contribution in [0.15, 0.2) is 24.4 Å². The first-order valence-corrected chi connectivity index (χ1v) is 7.01. The monoisotopic (exact) mass is 359 g/mol. The highest BCUT2D eigenvalue weighted by molar-refractivity contribution is 5.90. The molecular formula is C15H23Cl2N5O. The summed E-state index contributed by atoms with van der Waals surface area (Å²) in [6, 6.07) is 5.68. The van der Waals surface area contributed by atoms with Gasteiger partial charge in [0.25, 0.3) is 0 Å². The molecule has 6 nitrogen and oxygen atoms in total. The van der Waals surface area contributed by atoms with E-state index in [0.717, 1.165) is 17.2 Å². The largest absolute Gasteiger partial charge is 0.328 e. The van der Waals surface area contributed by atoms with Crippen LogP contribution in [0, 0.1) is 13.8 Å². The first-order chi connectivity index (χ1) is 9.95. The van der Waals surface area contributed by atoms with E-state index in [9.17, 15) is 4.79 Å². The van der Waals surface area contributed by atoms with Crippen molar-refractivity contribution in [2.24, 2.45) is 5.73 Å². The van der Waals surface area contributed by atoms with Gasteiger partial charge in [0, 0.05) is 18.2 Å². The van der Waals surface area contributed by atoms with Gasteiger partial charge in [-0.05, 0) is 45.4 Å². The Labute approximate surface area is 148 Å². The number of halogens is 2. The molecule has 0 fully saturated rings. The highest BCUT2D eigenvalue weighted by Crippen LogP contribution is 2.13. The van der Waals surface area contributed by atoms with Gasteiger partial charge in [-0.15, -0.1) is 24.8 Å². The molecule has 0 aliphatic rings. The van der Waals surface area contributed by atoms with Crippen molar-refractivity contribution >= 4 is 36.4 Å². The number of nitrogens with two attached hydrogens (primary N) is 1. The minimum atomic E-state index is -0.0482. The summed E-state index contributed by atoms with van der Waals surface area (Å²) in [5.74, 6) is 0.683. The third-order valence-electron chi connectivity index (χ3n) is 3.08. The summed E-state index contributed by atoms with van der Waals surface area (Å²) in [6.07, 6.45) is 2.72. The molecule has 0 aromatic carbocycles. The summed E-state index contributed by atoms with van der Waals surface area (Å²) in [5, 5.41) is 7.18. The van der Waals surface area contributed by atoms with Gasteiger partial charge in [0.2, 0.25) is 5.91 Å². The molecule has 2 aromatic heterocycles. The maximum Gasteiger partial charge on any atom is 0.224 e. The van der Waals surface area contributed by atoms with E-state index in [4.69, 9.17) is 5.73 Å². The number of nitrogens with one attached hydrogen (secondary N) is 1. The number of rotatable bonds is 5. The number of anilines is 1. The normalized spacial score (nSPS) is 11.1. The molecule has 0 aliphatic carbocycles. The zero-order chi connectivity index (χ0) is 15.4. The second kappa shape index (κ2) is 9.50. The molecule has 0 bridgehead atoms. The van der Waals surface area contributed by atoms with Gasteiger partial charge in [-0.25, -0.2) is 9.67 Å². The van der Waals surface area contributed by atoms with Crippen molar-refractivity contribution in [3.05, 3.63) is 35.8 Å². The van der Waals surface area contributed by atoms with Gasteiger partial charge in [0.15, 0.2) is 5.82 Å². The first-order valence-electron chi connectivity index (χ1n) is 7.01. The Balaban J connectivity index is 0.00000242. The fourth-order valence-corrected chi connectivity index (χ4v) is 2.03. The summed E-state index contributed by atoms with van der Waals surface area (Å²) in [7, 11) is 0. The predicted octanol–water partition coefficient (Wildman–Crippen LogP) is 2.79. The van der Waals surface area contributed by atoms with E-state index in [-0.39, 0.29) is 36.8 Å². The molecule has 0 spiro atoms. The Morgan fingerprint density at radius 1 is 1.35 bits per heavy atom. The third-order valence-corrected chi connectivity index (χ3v) is 3.08. The smallest absolute Gasteiger partial charge is 0.224 e. The maximum atomic E-state index is 11.7. The molecule has 0 saturated heterocycles. The van der Waals surface area contributed by atoms with Gasteiger partial charge in [-0.1, -0.05) is 0 Å². The maximum absolute atomic E-state index is 11.7. The Bertz CT molecular complexity index is 625. The van der Waals surface area contributed by atoms with Crippen LogP contribution in [-0.4, -0.2) is 26.7 Å². The van der Waals surface area contributed by atoms with E-state index in [1.165, 1.54) is 0 Å². The van der Waals surface area contributed by atoms with E-state index in [1.54, 1.807) is 10.9 Å². The molecule has 128 valence electrons. The lowest BCUT2D eigenvalue weighted by atomic mass is 10.2. The van der Waals surface area contributed by atoms with Gasteiger partial charge in [0.05, 0.1) is 17.6 Å². The number of hydrogen-bond acceptors (Lipinski definition) is 4. The standard InChI is InChI=1S/C15H21N5O.2ClH/c1-10(16)4-7-15(21)18-13-5-6-14(17-9-13)20-12(3)8-11(2)19-20;;/h5-6,8-10H,4,7,16H2,1-3H3,(H,18,21);2*1H. The fourth-order valence-electron chi connectivity index (χ4n) is 2.03. The Morgan fingerprint density at radius 3 is 2.52 bits per heavy atom. The van der Waals surface area contributed by atoms with Crippen molar-refractivity contribution in [1.29, 1.82) is 0 Å². The van der Waals surface area contributed by atoms with E-state index in [2.05, 4.69) is 15.4 Å². The first kappa shape index (κ1) is 21.4. The quantitative estimate of drug-likeness (QED) is 0.859. The molecule has 1 amide bonds. The van der Waals surface area contributed by atoms with Crippen molar-refractivity contribution < 1.29 is 4.79 Å². The van der Waals surface area contributed by atoms with Crippen molar-refractivity contribution in [2.75, 3.05) is 5.32 Å². The average Bonchev–Trinajstić information content (AvgIpc) is 2.76. The fraction of sp³-hybridized carbons (Fsp3) is 0.400. The zero-order valence-electron chi connectivity index (χ0n) is 13.4.